The third kappa shape index (κ3) is 12.2. The molecule has 0 radical (unpaired) electrons. The lowest BCUT2D eigenvalue weighted by atomic mass is 9.84. The van der Waals surface area contributed by atoms with E-state index in [0.29, 0.717) is 25.4 Å². The van der Waals surface area contributed by atoms with Gasteiger partial charge in [0.05, 0.1) is 30.3 Å². The van der Waals surface area contributed by atoms with Crippen LogP contribution < -0.4 is 0 Å². The molecule has 1 heterocycles. The maximum atomic E-state index is 11.5. The molecule has 0 aliphatic rings. The number of rotatable bonds is 8. The first kappa shape index (κ1) is 44.8. The fourth-order valence-electron chi connectivity index (χ4n) is 5.81. The van der Waals surface area contributed by atoms with Crippen molar-refractivity contribution < 1.29 is 18.5 Å². The van der Waals surface area contributed by atoms with Crippen molar-refractivity contribution in [1.82, 2.24) is 4.98 Å². The summed E-state index contributed by atoms with van der Waals surface area (Å²) in [5, 5.41) is 14.1. The van der Waals surface area contributed by atoms with E-state index in [1.165, 1.54) is 38.5 Å². The molecule has 0 unspecified atom stereocenters. The number of benzene rings is 4. The Morgan fingerprint density at radius 1 is 0.537 bits per heavy atom. The summed E-state index contributed by atoms with van der Waals surface area (Å²) in [5.41, 5.74) is 9.45. The van der Waals surface area contributed by atoms with E-state index in [-0.39, 0.29) is 32.3 Å². The maximum Gasteiger partial charge on any atom is 0.332 e. The largest absolute Gasteiger partial charge is 0.354 e. The molecule has 0 bridgehead atoms. The molecule has 0 spiro atoms. The zero-order valence-electron chi connectivity index (χ0n) is 35.6. The Hall–Kier alpha value is -3.61. The number of nitrogens with zero attached hydrogens (tertiary/aromatic N) is 1. The van der Waals surface area contributed by atoms with E-state index >= 15 is 0 Å². The van der Waals surface area contributed by atoms with E-state index in [9.17, 15) is 10.1 Å². The number of H-pyrrole nitrogens is 1. The second-order valence-electron chi connectivity index (χ2n) is 17.7. The van der Waals surface area contributed by atoms with Crippen LogP contribution >= 0.6 is 8.60 Å². The lowest BCUT2D eigenvalue weighted by Gasteiger charge is -2.20. The minimum Gasteiger partial charge on any atom is -0.354 e. The van der Waals surface area contributed by atoms with Crippen LogP contribution in [-0.4, -0.2) is 29.7 Å². The van der Waals surface area contributed by atoms with E-state index in [1.54, 1.807) is 6.07 Å². The van der Waals surface area contributed by atoms with Crippen molar-refractivity contribution in [2.75, 3.05) is 19.8 Å². The molecule has 5 rings (SSSR count). The minimum absolute atomic E-state index is 0.0700. The van der Waals surface area contributed by atoms with Crippen LogP contribution in [0.2, 0.25) is 0 Å². The van der Waals surface area contributed by atoms with Gasteiger partial charge < -0.3 is 18.6 Å². The van der Waals surface area contributed by atoms with Gasteiger partial charge in [0.15, 0.2) is 0 Å². The highest BCUT2D eigenvalue weighted by Gasteiger charge is 2.22. The Morgan fingerprint density at radius 2 is 0.889 bits per heavy atom. The smallest absolute Gasteiger partial charge is 0.332 e. The summed E-state index contributed by atoms with van der Waals surface area (Å²) in [6.45, 7) is 33.9. The highest BCUT2D eigenvalue weighted by molar-refractivity contribution is 7.41. The number of aromatic amines is 1. The number of aromatic nitrogens is 1. The SMILES string of the molecule is CC(C)(C)c1ccc(-c2ccc(C(C)(C)C)cc2[N+](=O)[O-])cc1.CC(C)(C)c1ccc2c(c1)[nH]c1cc(C(C)(C)C)ccc12.CCOP(OCC)OCC. The van der Waals surface area contributed by atoms with E-state index in [2.05, 4.69) is 137 Å². The number of hydrogen-bond acceptors (Lipinski definition) is 5. The molecule has 1 N–H and O–H groups in total. The van der Waals surface area contributed by atoms with Crippen molar-refractivity contribution in [2.24, 2.45) is 0 Å². The zero-order valence-corrected chi connectivity index (χ0v) is 36.5. The van der Waals surface area contributed by atoms with Gasteiger partial charge in [-0.25, -0.2) is 0 Å². The maximum absolute atomic E-state index is 11.5. The molecular weight excluding hydrogens is 691 g/mol. The molecule has 0 aliphatic heterocycles. The molecule has 54 heavy (non-hydrogen) atoms. The molecule has 4 aromatic carbocycles. The van der Waals surface area contributed by atoms with Crippen LogP contribution in [0.3, 0.4) is 0 Å². The van der Waals surface area contributed by atoms with E-state index < -0.39 is 8.60 Å². The first-order valence-electron chi connectivity index (χ1n) is 19.2. The first-order chi connectivity index (χ1) is 25.0. The van der Waals surface area contributed by atoms with Gasteiger partial charge in [-0.3, -0.25) is 10.1 Å². The average Bonchev–Trinajstić information content (AvgIpc) is 3.45. The Balaban J connectivity index is 0.000000235. The third-order valence-corrected chi connectivity index (χ3v) is 10.6. The van der Waals surface area contributed by atoms with Crippen LogP contribution in [0.1, 0.15) is 126 Å². The van der Waals surface area contributed by atoms with Crippen molar-refractivity contribution in [3.8, 4) is 11.1 Å². The van der Waals surface area contributed by atoms with Crippen molar-refractivity contribution in [3.05, 3.63) is 111 Å². The van der Waals surface area contributed by atoms with Crippen molar-refractivity contribution in [3.63, 3.8) is 0 Å². The van der Waals surface area contributed by atoms with Gasteiger partial charge in [0, 0.05) is 27.9 Å². The molecule has 0 atom stereocenters. The Bertz CT molecular complexity index is 1890. The Kier molecular flexibility index (Phi) is 15.2. The van der Waals surface area contributed by atoms with Crippen molar-refractivity contribution in [2.45, 2.75) is 126 Å². The van der Waals surface area contributed by atoms with E-state index in [0.717, 1.165) is 11.1 Å². The summed E-state index contributed by atoms with van der Waals surface area (Å²) < 4.78 is 15.4. The van der Waals surface area contributed by atoms with Gasteiger partial charge in [0.2, 0.25) is 0 Å². The van der Waals surface area contributed by atoms with Gasteiger partial charge in [-0.1, -0.05) is 138 Å². The minimum atomic E-state index is -1.06. The van der Waals surface area contributed by atoms with Crippen LogP contribution in [0.4, 0.5) is 5.69 Å². The number of nitrogens with one attached hydrogen (secondary N) is 1. The van der Waals surface area contributed by atoms with Gasteiger partial charge in [-0.2, -0.15) is 0 Å². The number of hydrogen-bond donors (Lipinski definition) is 1. The quantitative estimate of drug-likeness (QED) is 0.0968. The number of nitro benzene ring substituents is 1. The fraction of sp³-hybridized carbons (Fsp3) is 0.478. The van der Waals surface area contributed by atoms with E-state index in [4.69, 9.17) is 13.6 Å². The molecule has 294 valence electrons. The predicted octanol–water partition coefficient (Wildman–Crippen LogP) is 14.1. The monoisotopic (exact) mass is 756 g/mol. The highest BCUT2D eigenvalue weighted by atomic mass is 31.2. The number of nitro groups is 1. The Morgan fingerprint density at radius 3 is 1.24 bits per heavy atom. The van der Waals surface area contributed by atoms with Crippen LogP contribution in [0, 0.1) is 10.1 Å². The van der Waals surface area contributed by atoms with Crippen LogP contribution in [0.25, 0.3) is 32.9 Å². The molecule has 1 aromatic heterocycles. The molecule has 0 saturated carbocycles. The van der Waals surface area contributed by atoms with Crippen LogP contribution in [0.5, 0.6) is 0 Å². The van der Waals surface area contributed by atoms with Crippen LogP contribution in [0.15, 0.2) is 78.9 Å². The van der Waals surface area contributed by atoms with Gasteiger partial charge in [-0.05, 0) is 88.4 Å². The van der Waals surface area contributed by atoms with Gasteiger partial charge in [-0.15, -0.1) is 0 Å². The normalized spacial score (nSPS) is 12.4. The van der Waals surface area contributed by atoms with Gasteiger partial charge in [0.1, 0.15) is 0 Å². The lowest BCUT2D eigenvalue weighted by molar-refractivity contribution is -0.384. The summed E-state index contributed by atoms with van der Waals surface area (Å²) in [5.74, 6) is 0. The summed E-state index contributed by atoms with van der Waals surface area (Å²) >= 11 is 0. The second kappa shape index (κ2) is 18.3. The standard InChI is InChI=1S/C20H25NO2.C20H25N.C6H15O3P/c1-19(2,3)15-9-7-14(8-10-15)17-12-11-16(20(4,5)6)13-18(17)21(22)23;1-19(2,3)13-7-9-15-16-10-8-14(20(4,5)6)12-18(16)21-17(15)11-13;1-4-7-10(8-5-2)9-6-3/h7-13H,1-6H3;7-12,21H,1-6H3;4-6H2,1-3H3. The molecule has 0 aliphatic carbocycles. The highest BCUT2D eigenvalue weighted by Crippen LogP contribution is 2.39. The lowest BCUT2D eigenvalue weighted by Crippen LogP contribution is -2.11. The van der Waals surface area contributed by atoms with E-state index in [1.807, 2.05) is 45.0 Å². The summed E-state index contributed by atoms with van der Waals surface area (Å²) in [7, 11) is -1.06. The third-order valence-electron chi connectivity index (χ3n) is 9.16. The topological polar surface area (TPSA) is 86.6 Å². The zero-order chi connectivity index (χ0) is 40.6. The average molecular weight is 757 g/mol. The fourth-order valence-corrected chi connectivity index (χ4v) is 6.67. The number of fused-ring (bicyclic) bond motifs is 3. The molecular formula is C46H65N2O5P. The summed E-state index contributed by atoms with van der Waals surface area (Å²) in [4.78, 5) is 14.8. The Labute approximate surface area is 326 Å². The van der Waals surface area contributed by atoms with Crippen molar-refractivity contribution >= 4 is 36.1 Å². The molecule has 5 aromatic rings. The van der Waals surface area contributed by atoms with Crippen molar-refractivity contribution in [1.29, 1.82) is 0 Å². The van der Waals surface area contributed by atoms with Gasteiger partial charge >= 0.3 is 8.60 Å². The van der Waals surface area contributed by atoms with Gasteiger partial charge in [0.25, 0.3) is 5.69 Å². The second-order valence-corrected chi connectivity index (χ2v) is 18.9. The molecule has 0 fully saturated rings. The van der Waals surface area contributed by atoms with Crippen LogP contribution in [-0.2, 0) is 35.2 Å². The molecule has 0 saturated heterocycles. The molecule has 0 amide bonds. The molecule has 7 nitrogen and oxygen atoms in total. The summed E-state index contributed by atoms with van der Waals surface area (Å²) in [6, 6.07) is 27.2. The predicted molar refractivity (Wildman–Crippen MR) is 231 cm³/mol. The first-order valence-corrected chi connectivity index (χ1v) is 20.3. The summed E-state index contributed by atoms with van der Waals surface area (Å²) in [6.07, 6.45) is 0. The molecule has 8 heteroatoms.